The minimum atomic E-state index is -3.31. The number of rotatable bonds is 4. The number of ether oxygens (including phenoxy) is 1. The molecule has 1 aromatic carbocycles. The van der Waals surface area contributed by atoms with Crippen molar-refractivity contribution in [3.63, 3.8) is 0 Å². The molecule has 1 aromatic rings. The molecule has 2 heterocycles. The molecule has 0 amide bonds. The van der Waals surface area contributed by atoms with Crippen LogP contribution in [0.25, 0.3) is 0 Å². The van der Waals surface area contributed by atoms with E-state index >= 15 is 0 Å². The van der Waals surface area contributed by atoms with E-state index in [1.807, 2.05) is 31.2 Å². The van der Waals surface area contributed by atoms with Crippen molar-refractivity contribution in [2.45, 2.75) is 44.2 Å². The summed E-state index contributed by atoms with van der Waals surface area (Å²) in [4.78, 5) is 2.34. The largest absolute Gasteiger partial charge is 0.376 e. The highest BCUT2D eigenvalue weighted by Gasteiger charge is 2.37. The first-order chi connectivity index (χ1) is 10.4. The topological polar surface area (TPSA) is 58.6 Å². The molecule has 0 bridgehead atoms. The van der Waals surface area contributed by atoms with Gasteiger partial charge in [-0.1, -0.05) is 29.8 Å². The van der Waals surface area contributed by atoms with Gasteiger partial charge in [0.2, 0.25) is 10.0 Å². The van der Waals surface area contributed by atoms with Crippen molar-refractivity contribution in [1.29, 1.82) is 0 Å². The maximum absolute atomic E-state index is 12.4. The Bertz CT molecular complexity index is 632. The Hall–Kier alpha value is -0.950. The summed E-state index contributed by atoms with van der Waals surface area (Å²) in [6.45, 7) is 6.41. The first-order valence-corrected chi connectivity index (χ1v) is 9.48. The van der Waals surface area contributed by atoms with Gasteiger partial charge < -0.3 is 4.74 Å². The second-order valence-electron chi connectivity index (χ2n) is 6.55. The summed E-state index contributed by atoms with van der Waals surface area (Å²) in [7, 11) is -3.31. The number of hydrogen-bond donors (Lipinski definition) is 1. The minimum absolute atomic E-state index is 0.00582. The lowest BCUT2D eigenvalue weighted by atomic mass is 10.1. The molecule has 0 saturated carbocycles. The van der Waals surface area contributed by atoms with E-state index in [0.29, 0.717) is 12.6 Å². The van der Waals surface area contributed by atoms with Crippen molar-refractivity contribution >= 4 is 10.0 Å². The summed E-state index contributed by atoms with van der Waals surface area (Å²) >= 11 is 0. The predicted octanol–water partition coefficient (Wildman–Crippen LogP) is 1.28. The number of morpholine rings is 1. The van der Waals surface area contributed by atoms with Gasteiger partial charge in [-0.2, -0.15) is 0 Å². The fourth-order valence-corrected chi connectivity index (χ4v) is 4.82. The van der Waals surface area contributed by atoms with Crippen LogP contribution in [0.4, 0.5) is 0 Å². The maximum atomic E-state index is 12.4. The van der Waals surface area contributed by atoms with Crippen LogP contribution < -0.4 is 4.72 Å². The maximum Gasteiger partial charge on any atom is 0.216 e. The highest BCUT2D eigenvalue weighted by Crippen LogP contribution is 2.23. The molecule has 122 valence electrons. The molecule has 0 radical (unpaired) electrons. The zero-order chi connectivity index (χ0) is 15.7. The Kier molecular flexibility index (Phi) is 4.54. The van der Waals surface area contributed by atoms with Crippen molar-refractivity contribution in [3.05, 3.63) is 35.4 Å². The molecule has 1 N–H and O–H groups in total. The quantitative estimate of drug-likeness (QED) is 0.906. The summed E-state index contributed by atoms with van der Waals surface area (Å²) in [6, 6.07) is 8.00. The fourth-order valence-electron chi connectivity index (χ4n) is 3.44. The van der Waals surface area contributed by atoms with Crippen LogP contribution >= 0.6 is 0 Å². The fraction of sp³-hybridized carbons (Fsp3) is 0.625. The van der Waals surface area contributed by atoms with E-state index in [0.717, 1.165) is 30.6 Å². The number of sulfonamides is 1. The Morgan fingerprint density at radius 3 is 2.95 bits per heavy atom. The first kappa shape index (κ1) is 15.9. The van der Waals surface area contributed by atoms with Crippen LogP contribution in [0.15, 0.2) is 24.3 Å². The van der Waals surface area contributed by atoms with Crippen LogP contribution in [0, 0.1) is 6.92 Å². The normalized spacial score (nSPS) is 29.5. The second kappa shape index (κ2) is 6.28. The van der Waals surface area contributed by atoms with Gasteiger partial charge in [0.05, 0.1) is 18.5 Å². The van der Waals surface area contributed by atoms with Gasteiger partial charge in [0.25, 0.3) is 0 Å². The zero-order valence-electron chi connectivity index (χ0n) is 13.2. The molecule has 3 atom stereocenters. The van der Waals surface area contributed by atoms with Crippen LogP contribution in [0.5, 0.6) is 0 Å². The molecule has 22 heavy (non-hydrogen) atoms. The summed E-state index contributed by atoms with van der Waals surface area (Å²) in [5.74, 6) is 0.0444. The molecule has 2 aliphatic heterocycles. The van der Waals surface area contributed by atoms with Crippen LogP contribution in [0.3, 0.4) is 0 Å². The number of nitrogens with one attached hydrogen (secondary N) is 1. The third-order valence-electron chi connectivity index (χ3n) is 4.38. The van der Waals surface area contributed by atoms with Gasteiger partial charge in [-0.25, -0.2) is 13.1 Å². The number of aryl methyl sites for hydroxylation is 1. The SMILES string of the molecule is Cc1cccc(CS(=O)(=O)N[C@@H]2C[C@H]3CO[C@H](C)CN3C2)c1. The summed E-state index contributed by atoms with van der Waals surface area (Å²) in [5.41, 5.74) is 1.91. The molecule has 0 spiro atoms. The van der Waals surface area contributed by atoms with Crippen LogP contribution in [0.1, 0.15) is 24.5 Å². The average molecular weight is 324 g/mol. The Balaban J connectivity index is 1.60. The Labute approximate surface area is 132 Å². The van der Waals surface area contributed by atoms with Crippen LogP contribution in [0.2, 0.25) is 0 Å². The van der Waals surface area contributed by atoms with Gasteiger partial charge in [-0.15, -0.1) is 0 Å². The van der Waals surface area contributed by atoms with E-state index in [1.165, 1.54) is 0 Å². The molecule has 2 fully saturated rings. The number of benzene rings is 1. The average Bonchev–Trinajstić information content (AvgIpc) is 2.78. The van der Waals surface area contributed by atoms with Gasteiger partial charge in [0, 0.05) is 25.2 Å². The van der Waals surface area contributed by atoms with Crippen molar-refractivity contribution in [2.24, 2.45) is 0 Å². The molecular formula is C16H24N2O3S. The third kappa shape index (κ3) is 3.87. The second-order valence-corrected chi connectivity index (χ2v) is 8.30. The van der Waals surface area contributed by atoms with Crippen molar-refractivity contribution in [2.75, 3.05) is 19.7 Å². The van der Waals surface area contributed by atoms with Gasteiger partial charge in [0.15, 0.2) is 0 Å². The lowest BCUT2D eigenvalue weighted by molar-refractivity contribution is -0.0390. The first-order valence-electron chi connectivity index (χ1n) is 7.82. The van der Waals surface area contributed by atoms with E-state index in [1.54, 1.807) is 0 Å². The van der Waals surface area contributed by atoms with Crippen LogP contribution in [-0.2, 0) is 20.5 Å². The van der Waals surface area contributed by atoms with Crippen molar-refractivity contribution in [3.8, 4) is 0 Å². The molecule has 6 heteroatoms. The zero-order valence-corrected chi connectivity index (χ0v) is 14.0. The Morgan fingerprint density at radius 1 is 1.36 bits per heavy atom. The lowest BCUT2D eigenvalue weighted by Crippen LogP contribution is -2.45. The van der Waals surface area contributed by atoms with E-state index in [9.17, 15) is 8.42 Å². The highest BCUT2D eigenvalue weighted by atomic mass is 32.2. The minimum Gasteiger partial charge on any atom is -0.376 e. The molecule has 0 aliphatic carbocycles. The highest BCUT2D eigenvalue weighted by molar-refractivity contribution is 7.88. The summed E-state index contributed by atoms with van der Waals surface area (Å²) in [6.07, 6.45) is 1.07. The third-order valence-corrected chi connectivity index (χ3v) is 5.78. The van der Waals surface area contributed by atoms with E-state index in [-0.39, 0.29) is 17.9 Å². The van der Waals surface area contributed by atoms with E-state index in [2.05, 4.69) is 16.5 Å². The number of fused-ring (bicyclic) bond motifs is 1. The number of nitrogens with zero attached hydrogens (tertiary/aromatic N) is 1. The molecule has 0 unspecified atom stereocenters. The standard InChI is InChI=1S/C16H24N2O3S/c1-12-4-3-5-14(6-12)11-22(19,20)17-15-7-16-10-21-13(2)8-18(16)9-15/h3-6,13,15-17H,7-11H2,1-2H3/t13-,15-,16+/m1/s1. The van der Waals surface area contributed by atoms with Gasteiger partial charge in [-0.3, -0.25) is 4.90 Å². The summed E-state index contributed by atoms with van der Waals surface area (Å²) in [5, 5.41) is 0. The molecular weight excluding hydrogens is 300 g/mol. The molecule has 2 aliphatic rings. The van der Waals surface area contributed by atoms with Crippen LogP contribution in [-0.4, -0.2) is 51.2 Å². The Morgan fingerprint density at radius 2 is 2.18 bits per heavy atom. The monoisotopic (exact) mass is 324 g/mol. The predicted molar refractivity (Wildman–Crippen MR) is 86.1 cm³/mol. The van der Waals surface area contributed by atoms with Gasteiger partial charge in [0.1, 0.15) is 0 Å². The van der Waals surface area contributed by atoms with Gasteiger partial charge in [-0.05, 0) is 25.8 Å². The van der Waals surface area contributed by atoms with E-state index in [4.69, 9.17) is 4.74 Å². The molecule has 3 rings (SSSR count). The smallest absolute Gasteiger partial charge is 0.216 e. The molecule has 2 saturated heterocycles. The van der Waals surface area contributed by atoms with Gasteiger partial charge >= 0.3 is 0 Å². The van der Waals surface area contributed by atoms with E-state index < -0.39 is 10.0 Å². The number of hydrogen-bond acceptors (Lipinski definition) is 4. The molecule has 0 aromatic heterocycles. The summed E-state index contributed by atoms with van der Waals surface area (Å²) < 4.78 is 33.3. The van der Waals surface area contributed by atoms with Crippen molar-refractivity contribution in [1.82, 2.24) is 9.62 Å². The lowest BCUT2D eigenvalue weighted by Gasteiger charge is -2.33. The molecule has 5 nitrogen and oxygen atoms in total. The van der Waals surface area contributed by atoms with Crippen molar-refractivity contribution < 1.29 is 13.2 Å².